The zero-order chi connectivity index (χ0) is 12.0. The van der Waals surface area contributed by atoms with Crippen molar-refractivity contribution in [1.82, 2.24) is 5.32 Å². The number of amides is 2. The molecule has 3 N–H and O–H groups in total. The molecule has 1 rings (SSSR count). The monoisotopic (exact) mass is 242 g/mol. The molecule has 0 aliphatic carbocycles. The third-order valence-corrected chi connectivity index (χ3v) is 2.81. The van der Waals surface area contributed by atoms with Gasteiger partial charge in [-0.2, -0.15) is 11.3 Å². The van der Waals surface area contributed by atoms with Crippen LogP contribution < -0.4 is 10.6 Å². The van der Waals surface area contributed by atoms with E-state index in [1.165, 1.54) is 11.3 Å². The summed E-state index contributed by atoms with van der Waals surface area (Å²) < 4.78 is 0. The maximum atomic E-state index is 11.3. The van der Waals surface area contributed by atoms with Crippen LogP contribution in [-0.4, -0.2) is 23.7 Å². The van der Waals surface area contributed by atoms with Crippen LogP contribution in [0.2, 0.25) is 0 Å². The predicted molar refractivity (Wildman–Crippen MR) is 62.8 cm³/mol. The van der Waals surface area contributed by atoms with Gasteiger partial charge in [0.15, 0.2) is 0 Å². The molecule has 1 heterocycles. The summed E-state index contributed by atoms with van der Waals surface area (Å²) in [6, 6.07) is 1.40. The molecule has 0 saturated carbocycles. The Labute approximate surface area is 97.5 Å². The van der Waals surface area contributed by atoms with Crippen molar-refractivity contribution in [3.63, 3.8) is 0 Å². The maximum absolute atomic E-state index is 11.3. The average Bonchev–Trinajstić information content (AvgIpc) is 2.70. The van der Waals surface area contributed by atoms with E-state index in [1.54, 1.807) is 18.4 Å². The van der Waals surface area contributed by atoms with Gasteiger partial charge in [0.2, 0.25) is 0 Å². The summed E-state index contributed by atoms with van der Waals surface area (Å²) in [7, 11) is 0. The smallest absolute Gasteiger partial charge is 0.319 e. The van der Waals surface area contributed by atoms with E-state index in [9.17, 15) is 9.59 Å². The highest BCUT2D eigenvalue weighted by Gasteiger charge is 2.15. The molecule has 2 amide bonds. The Balaban J connectivity index is 2.32. The number of rotatable bonds is 5. The SMILES string of the molecule is CCC(CNC(=O)Nc1ccsc1)C(=O)O. The molecule has 0 bridgehead atoms. The number of urea groups is 1. The Bertz CT molecular complexity index is 351. The number of thiophene rings is 1. The summed E-state index contributed by atoms with van der Waals surface area (Å²) in [6.45, 7) is 1.92. The van der Waals surface area contributed by atoms with Gasteiger partial charge in [-0.1, -0.05) is 6.92 Å². The first-order valence-electron chi connectivity index (χ1n) is 4.93. The fourth-order valence-electron chi connectivity index (χ4n) is 1.13. The lowest BCUT2D eigenvalue weighted by molar-refractivity contribution is -0.141. The molecular formula is C10H14N2O3S. The minimum Gasteiger partial charge on any atom is -0.481 e. The first kappa shape index (κ1) is 12.5. The van der Waals surface area contributed by atoms with Gasteiger partial charge in [-0.15, -0.1) is 0 Å². The number of carboxylic acids is 1. The number of anilines is 1. The lowest BCUT2D eigenvalue weighted by Crippen LogP contribution is -2.35. The molecule has 0 aromatic carbocycles. The van der Waals surface area contributed by atoms with E-state index in [-0.39, 0.29) is 12.6 Å². The zero-order valence-electron chi connectivity index (χ0n) is 8.90. The highest BCUT2D eigenvalue weighted by atomic mass is 32.1. The summed E-state index contributed by atoms with van der Waals surface area (Å²) in [5.41, 5.74) is 0.714. The Kier molecular flexibility index (Phi) is 4.78. The molecule has 6 heteroatoms. The Morgan fingerprint density at radius 3 is 2.81 bits per heavy atom. The Morgan fingerprint density at radius 2 is 2.31 bits per heavy atom. The fraction of sp³-hybridized carbons (Fsp3) is 0.400. The second kappa shape index (κ2) is 6.12. The first-order chi connectivity index (χ1) is 7.63. The number of nitrogens with one attached hydrogen (secondary N) is 2. The van der Waals surface area contributed by atoms with Crippen LogP contribution in [0, 0.1) is 5.92 Å². The van der Waals surface area contributed by atoms with Crippen LogP contribution in [0.5, 0.6) is 0 Å². The van der Waals surface area contributed by atoms with Gasteiger partial charge in [0.1, 0.15) is 0 Å². The first-order valence-corrected chi connectivity index (χ1v) is 5.87. The van der Waals surface area contributed by atoms with E-state index in [0.29, 0.717) is 12.1 Å². The largest absolute Gasteiger partial charge is 0.481 e. The molecule has 1 aromatic heterocycles. The van der Waals surface area contributed by atoms with E-state index < -0.39 is 11.9 Å². The van der Waals surface area contributed by atoms with Crippen LogP contribution in [0.1, 0.15) is 13.3 Å². The molecule has 0 aliphatic rings. The maximum Gasteiger partial charge on any atom is 0.319 e. The molecule has 0 saturated heterocycles. The van der Waals surface area contributed by atoms with Gasteiger partial charge >= 0.3 is 12.0 Å². The van der Waals surface area contributed by atoms with Crippen molar-refractivity contribution < 1.29 is 14.7 Å². The van der Waals surface area contributed by atoms with Crippen molar-refractivity contribution in [1.29, 1.82) is 0 Å². The van der Waals surface area contributed by atoms with Gasteiger partial charge in [-0.05, 0) is 17.9 Å². The van der Waals surface area contributed by atoms with Gasteiger partial charge < -0.3 is 15.7 Å². The average molecular weight is 242 g/mol. The molecule has 1 atom stereocenters. The quantitative estimate of drug-likeness (QED) is 0.738. The van der Waals surface area contributed by atoms with Gasteiger partial charge in [0, 0.05) is 11.9 Å². The molecule has 1 aromatic rings. The second-order valence-electron chi connectivity index (χ2n) is 3.29. The van der Waals surface area contributed by atoms with Crippen molar-refractivity contribution in [2.45, 2.75) is 13.3 Å². The number of aliphatic carboxylic acids is 1. The number of hydrogen-bond donors (Lipinski definition) is 3. The minimum atomic E-state index is -0.890. The van der Waals surface area contributed by atoms with Crippen LogP contribution in [0.15, 0.2) is 16.8 Å². The van der Waals surface area contributed by atoms with Crippen LogP contribution in [0.3, 0.4) is 0 Å². The molecule has 5 nitrogen and oxygen atoms in total. The Morgan fingerprint density at radius 1 is 1.56 bits per heavy atom. The van der Waals surface area contributed by atoms with Crippen LogP contribution in [0.4, 0.5) is 10.5 Å². The van der Waals surface area contributed by atoms with Gasteiger partial charge in [-0.3, -0.25) is 4.79 Å². The summed E-state index contributed by atoms with van der Waals surface area (Å²) >= 11 is 1.48. The second-order valence-corrected chi connectivity index (χ2v) is 4.07. The topological polar surface area (TPSA) is 78.4 Å². The fourth-order valence-corrected chi connectivity index (χ4v) is 1.72. The standard InChI is InChI=1S/C10H14N2O3S/c1-2-7(9(13)14)5-11-10(15)12-8-3-4-16-6-8/h3-4,6-7H,2,5H2,1H3,(H,13,14)(H2,11,12,15). The summed E-state index contributed by atoms with van der Waals surface area (Å²) in [4.78, 5) is 22.0. The van der Waals surface area contributed by atoms with Crippen LogP contribution >= 0.6 is 11.3 Å². The van der Waals surface area contributed by atoms with Gasteiger partial charge in [0.05, 0.1) is 11.6 Å². The van der Waals surface area contributed by atoms with E-state index in [0.717, 1.165) is 0 Å². The molecule has 88 valence electrons. The number of hydrogen-bond acceptors (Lipinski definition) is 3. The third kappa shape index (κ3) is 3.90. The van der Waals surface area contributed by atoms with E-state index in [2.05, 4.69) is 10.6 Å². The van der Waals surface area contributed by atoms with E-state index in [4.69, 9.17) is 5.11 Å². The number of carboxylic acid groups (broad SMARTS) is 1. The highest BCUT2D eigenvalue weighted by molar-refractivity contribution is 7.08. The van der Waals surface area contributed by atoms with E-state index in [1.807, 2.05) is 5.38 Å². The van der Waals surface area contributed by atoms with Crippen molar-refractivity contribution in [3.8, 4) is 0 Å². The van der Waals surface area contributed by atoms with Crippen molar-refractivity contribution in [2.24, 2.45) is 5.92 Å². The molecular weight excluding hydrogens is 228 g/mol. The normalized spacial score (nSPS) is 11.8. The van der Waals surface area contributed by atoms with Crippen LogP contribution in [0.25, 0.3) is 0 Å². The minimum absolute atomic E-state index is 0.141. The zero-order valence-corrected chi connectivity index (χ0v) is 9.71. The lowest BCUT2D eigenvalue weighted by atomic mass is 10.1. The molecule has 0 spiro atoms. The number of carbonyl (C=O) groups excluding carboxylic acids is 1. The molecule has 16 heavy (non-hydrogen) atoms. The van der Waals surface area contributed by atoms with E-state index >= 15 is 0 Å². The van der Waals surface area contributed by atoms with Gasteiger partial charge in [0.25, 0.3) is 0 Å². The molecule has 0 fully saturated rings. The Hall–Kier alpha value is -1.56. The highest BCUT2D eigenvalue weighted by Crippen LogP contribution is 2.11. The van der Waals surface area contributed by atoms with Gasteiger partial charge in [-0.25, -0.2) is 4.79 Å². The molecule has 0 aliphatic heterocycles. The third-order valence-electron chi connectivity index (χ3n) is 2.13. The summed E-state index contributed by atoms with van der Waals surface area (Å²) in [5, 5.41) is 17.6. The van der Waals surface area contributed by atoms with Crippen molar-refractivity contribution >= 4 is 29.0 Å². The predicted octanol–water partition coefficient (Wildman–Crippen LogP) is 1.98. The van der Waals surface area contributed by atoms with Crippen molar-refractivity contribution in [2.75, 3.05) is 11.9 Å². The summed E-state index contributed by atoms with van der Waals surface area (Å²) in [6.07, 6.45) is 0.494. The molecule has 1 unspecified atom stereocenters. The number of carbonyl (C=O) groups is 2. The molecule has 0 radical (unpaired) electrons. The van der Waals surface area contributed by atoms with Crippen LogP contribution in [-0.2, 0) is 4.79 Å². The summed E-state index contributed by atoms with van der Waals surface area (Å²) in [5.74, 6) is -1.42. The lowest BCUT2D eigenvalue weighted by Gasteiger charge is -2.11. The van der Waals surface area contributed by atoms with Crippen molar-refractivity contribution in [3.05, 3.63) is 16.8 Å².